The SMILES string of the molecule is O=C(Nc1cc(C(F)(F)F)ccc1N1CCOCC1)C1CCN(C(=O)c2ccco2)CC1. The Morgan fingerprint density at radius 3 is 2.38 bits per heavy atom. The molecule has 3 heterocycles. The van der Waals surface area contributed by atoms with Gasteiger partial charge in [0.25, 0.3) is 5.91 Å². The zero-order chi connectivity index (χ0) is 22.7. The summed E-state index contributed by atoms with van der Waals surface area (Å²) in [6, 6.07) is 6.63. The standard InChI is InChI=1S/C22H24F3N3O4/c23-22(24,25)16-3-4-18(27-9-12-31-13-10-27)17(14-16)26-20(29)15-5-7-28(8-6-15)21(30)19-2-1-11-32-19/h1-4,11,14-15H,5-10,12-13H2,(H,26,29). The number of benzene rings is 1. The number of likely N-dealkylation sites (tertiary alicyclic amines) is 1. The third kappa shape index (κ3) is 4.90. The number of nitrogens with zero attached hydrogens (tertiary/aromatic N) is 2. The number of morpholine rings is 1. The largest absolute Gasteiger partial charge is 0.459 e. The summed E-state index contributed by atoms with van der Waals surface area (Å²) in [5.41, 5.74) is -0.135. The van der Waals surface area contributed by atoms with Crippen LogP contribution in [0, 0.1) is 5.92 Å². The van der Waals surface area contributed by atoms with Crippen LogP contribution in [0.4, 0.5) is 24.5 Å². The van der Waals surface area contributed by atoms with E-state index >= 15 is 0 Å². The molecular formula is C22H24F3N3O4. The minimum Gasteiger partial charge on any atom is -0.459 e. The third-order valence-corrected chi connectivity index (χ3v) is 5.82. The predicted octanol–water partition coefficient (Wildman–Crippen LogP) is 3.63. The number of amides is 2. The summed E-state index contributed by atoms with van der Waals surface area (Å²) >= 11 is 0. The maximum absolute atomic E-state index is 13.3. The first kappa shape index (κ1) is 22.2. The number of hydrogen-bond acceptors (Lipinski definition) is 5. The van der Waals surface area contributed by atoms with E-state index in [9.17, 15) is 22.8 Å². The van der Waals surface area contributed by atoms with Crippen molar-refractivity contribution in [3.63, 3.8) is 0 Å². The summed E-state index contributed by atoms with van der Waals surface area (Å²) < 4.78 is 50.3. The van der Waals surface area contributed by atoms with Crippen LogP contribution in [0.25, 0.3) is 0 Å². The number of ether oxygens (including phenoxy) is 1. The van der Waals surface area contributed by atoms with Crippen LogP contribution in [0.5, 0.6) is 0 Å². The van der Waals surface area contributed by atoms with Gasteiger partial charge in [-0.3, -0.25) is 9.59 Å². The van der Waals surface area contributed by atoms with Gasteiger partial charge >= 0.3 is 6.18 Å². The number of furan rings is 1. The lowest BCUT2D eigenvalue weighted by Gasteiger charge is -2.33. The highest BCUT2D eigenvalue weighted by molar-refractivity contribution is 5.96. The Hall–Kier alpha value is -3.01. The number of halogens is 3. The molecule has 2 amide bonds. The van der Waals surface area contributed by atoms with Gasteiger partial charge in [0.15, 0.2) is 5.76 Å². The second-order valence-corrected chi connectivity index (χ2v) is 7.86. The lowest BCUT2D eigenvalue weighted by molar-refractivity contribution is -0.137. The van der Waals surface area contributed by atoms with E-state index in [1.54, 1.807) is 17.0 Å². The number of carbonyl (C=O) groups excluding carboxylic acids is 2. The third-order valence-electron chi connectivity index (χ3n) is 5.82. The minimum atomic E-state index is -4.51. The second kappa shape index (κ2) is 9.23. The number of rotatable bonds is 4. The Kier molecular flexibility index (Phi) is 6.40. The quantitative estimate of drug-likeness (QED) is 0.769. The normalized spacial score (nSPS) is 18.0. The Morgan fingerprint density at radius 1 is 1.03 bits per heavy atom. The van der Waals surface area contributed by atoms with Crippen molar-refractivity contribution in [1.82, 2.24) is 4.90 Å². The molecule has 1 aromatic carbocycles. The molecule has 2 aromatic rings. The molecule has 0 unspecified atom stereocenters. The van der Waals surface area contributed by atoms with Crippen LogP contribution in [0.2, 0.25) is 0 Å². The molecule has 1 aromatic heterocycles. The van der Waals surface area contributed by atoms with Crippen molar-refractivity contribution in [3.8, 4) is 0 Å². The van der Waals surface area contributed by atoms with Crippen LogP contribution in [0.15, 0.2) is 41.0 Å². The molecule has 0 atom stereocenters. The first-order valence-corrected chi connectivity index (χ1v) is 10.5. The summed E-state index contributed by atoms with van der Waals surface area (Å²) in [7, 11) is 0. The van der Waals surface area contributed by atoms with Crippen LogP contribution in [-0.4, -0.2) is 56.1 Å². The van der Waals surface area contributed by atoms with Gasteiger partial charge in [-0.1, -0.05) is 0 Å². The first-order chi connectivity index (χ1) is 15.3. The molecule has 2 aliphatic heterocycles. The molecule has 7 nitrogen and oxygen atoms in total. The average Bonchev–Trinajstić information content (AvgIpc) is 3.33. The van der Waals surface area contributed by atoms with E-state index in [4.69, 9.17) is 9.15 Å². The van der Waals surface area contributed by atoms with Gasteiger partial charge in [0.1, 0.15) is 0 Å². The fourth-order valence-electron chi connectivity index (χ4n) is 4.03. The van der Waals surface area contributed by atoms with E-state index in [0.717, 1.165) is 12.1 Å². The number of nitrogens with one attached hydrogen (secondary N) is 1. The summed E-state index contributed by atoms with van der Waals surface area (Å²) in [5.74, 6) is -0.736. The highest BCUT2D eigenvalue weighted by Crippen LogP contribution is 2.36. The van der Waals surface area contributed by atoms with Gasteiger partial charge in [0.05, 0.1) is 36.4 Å². The Balaban J connectivity index is 1.45. The van der Waals surface area contributed by atoms with Gasteiger partial charge in [-0.2, -0.15) is 13.2 Å². The zero-order valence-electron chi connectivity index (χ0n) is 17.4. The van der Waals surface area contributed by atoms with E-state index in [1.165, 1.54) is 12.3 Å². The van der Waals surface area contributed by atoms with Crippen molar-refractivity contribution < 1.29 is 31.9 Å². The average molecular weight is 451 g/mol. The fourth-order valence-corrected chi connectivity index (χ4v) is 4.03. The number of anilines is 2. The summed E-state index contributed by atoms with van der Waals surface area (Å²) in [4.78, 5) is 28.8. The van der Waals surface area contributed by atoms with E-state index < -0.39 is 17.7 Å². The van der Waals surface area contributed by atoms with Crippen LogP contribution in [0.3, 0.4) is 0 Å². The maximum atomic E-state index is 13.3. The molecule has 2 fully saturated rings. The van der Waals surface area contributed by atoms with Crippen molar-refractivity contribution in [2.75, 3.05) is 49.6 Å². The van der Waals surface area contributed by atoms with Crippen molar-refractivity contribution in [1.29, 1.82) is 0 Å². The van der Waals surface area contributed by atoms with Gasteiger partial charge in [-0.25, -0.2) is 0 Å². The summed E-state index contributed by atoms with van der Waals surface area (Å²) in [6.45, 7) is 2.74. The van der Waals surface area contributed by atoms with Crippen LogP contribution in [0.1, 0.15) is 29.0 Å². The lowest BCUT2D eigenvalue weighted by Crippen LogP contribution is -2.41. The summed E-state index contributed by atoms with van der Waals surface area (Å²) in [6.07, 6.45) is -2.25. The van der Waals surface area contributed by atoms with E-state index in [1.807, 2.05) is 4.90 Å². The number of hydrogen-bond donors (Lipinski definition) is 1. The van der Waals surface area contributed by atoms with E-state index in [-0.39, 0.29) is 23.3 Å². The zero-order valence-corrected chi connectivity index (χ0v) is 17.4. The molecular weight excluding hydrogens is 427 g/mol. The molecule has 2 aliphatic rings. The molecule has 32 heavy (non-hydrogen) atoms. The molecule has 1 N–H and O–H groups in total. The lowest BCUT2D eigenvalue weighted by atomic mass is 9.95. The van der Waals surface area contributed by atoms with Crippen LogP contribution >= 0.6 is 0 Å². The van der Waals surface area contributed by atoms with Gasteiger partial charge in [0, 0.05) is 32.1 Å². The highest BCUT2D eigenvalue weighted by Gasteiger charge is 2.33. The van der Waals surface area contributed by atoms with E-state index in [0.29, 0.717) is 57.9 Å². The molecule has 0 radical (unpaired) electrons. The van der Waals surface area contributed by atoms with Crippen LogP contribution in [-0.2, 0) is 15.7 Å². The molecule has 10 heteroatoms. The van der Waals surface area contributed by atoms with Gasteiger partial charge in [-0.05, 0) is 43.2 Å². The number of alkyl halides is 3. The van der Waals surface area contributed by atoms with Crippen molar-refractivity contribution in [3.05, 3.63) is 47.9 Å². The van der Waals surface area contributed by atoms with Crippen molar-refractivity contribution >= 4 is 23.2 Å². The smallest absolute Gasteiger partial charge is 0.416 e. The van der Waals surface area contributed by atoms with Crippen LogP contribution < -0.4 is 10.2 Å². The second-order valence-electron chi connectivity index (χ2n) is 7.86. The fraction of sp³-hybridized carbons (Fsp3) is 0.455. The molecule has 0 saturated carbocycles. The van der Waals surface area contributed by atoms with Crippen molar-refractivity contribution in [2.45, 2.75) is 19.0 Å². The van der Waals surface area contributed by atoms with Crippen molar-refractivity contribution in [2.24, 2.45) is 5.92 Å². The Bertz CT molecular complexity index is 948. The number of piperidine rings is 1. The number of carbonyl (C=O) groups is 2. The minimum absolute atomic E-state index is 0.140. The molecule has 0 aliphatic carbocycles. The Morgan fingerprint density at radius 2 is 1.75 bits per heavy atom. The molecule has 0 bridgehead atoms. The van der Waals surface area contributed by atoms with Gasteiger partial charge < -0.3 is 24.3 Å². The first-order valence-electron chi connectivity index (χ1n) is 10.5. The van der Waals surface area contributed by atoms with E-state index in [2.05, 4.69) is 5.32 Å². The predicted molar refractivity (Wildman–Crippen MR) is 110 cm³/mol. The monoisotopic (exact) mass is 451 g/mol. The maximum Gasteiger partial charge on any atom is 0.416 e. The molecule has 172 valence electrons. The Labute approximate surface area is 183 Å². The molecule has 4 rings (SSSR count). The summed E-state index contributed by atoms with van der Waals surface area (Å²) in [5, 5.41) is 2.72. The highest BCUT2D eigenvalue weighted by atomic mass is 19.4. The topological polar surface area (TPSA) is 75.0 Å². The molecule has 0 spiro atoms. The molecule has 2 saturated heterocycles. The van der Waals surface area contributed by atoms with Gasteiger partial charge in [-0.15, -0.1) is 0 Å². The van der Waals surface area contributed by atoms with Gasteiger partial charge in [0.2, 0.25) is 5.91 Å².